The van der Waals surface area contributed by atoms with Crippen LogP contribution in [0.15, 0.2) is 24.4 Å². The Kier molecular flexibility index (Phi) is 6.32. The molecular weight excluding hydrogens is 118 g/mol. The molecule has 0 aliphatic carbocycles. The van der Waals surface area contributed by atoms with Crippen LogP contribution in [0.2, 0.25) is 0 Å². The van der Waals surface area contributed by atoms with Crippen molar-refractivity contribution in [3.05, 3.63) is 24.4 Å². The Morgan fingerprint density at radius 2 is 2.12 bits per heavy atom. The summed E-state index contributed by atoms with van der Waals surface area (Å²) in [6, 6.07) is 0. The monoisotopic (exact) mass is 129 g/mol. The molecule has 0 rings (SSSR count). The highest BCUT2D eigenvalue weighted by Gasteiger charge is 1.67. The van der Waals surface area contributed by atoms with Crippen LogP contribution in [-0.2, 0) is 0 Å². The van der Waals surface area contributed by atoms with E-state index in [0.717, 1.165) is 12.2 Å². The Morgan fingerprint density at radius 3 is 2.62 bits per heavy atom. The van der Waals surface area contributed by atoms with Crippen LogP contribution in [0.25, 0.3) is 0 Å². The normalized spacial score (nSPS) is 11.6. The van der Waals surface area contributed by atoms with Gasteiger partial charge in [-0.1, -0.05) is 12.2 Å². The Balaban J connectivity index is 3.07. The molecule has 0 radical (unpaired) electrons. The third kappa shape index (κ3) is 5.63. The summed E-state index contributed by atoms with van der Waals surface area (Å²) in [5.41, 5.74) is 5.06. The Bertz CT molecular complexity index is 86.5. The van der Waals surface area contributed by atoms with Gasteiger partial charge in [-0.3, -0.25) is 0 Å². The smallest absolute Gasteiger partial charge is 0.00625 e. The van der Waals surface area contributed by atoms with Crippen LogP contribution in [0.4, 0.5) is 0 Å². The fourth-order valence-corrected chi connectivity index (χ4v) is 0.463. The molecule has 0 aromatic rings. The predicted molar refractivity (Wildman–Crippen MR) is 40.9 cm³/mol. The first-order chi connectivity index (χ1) is 3.91. The fraction of sp³-hybridized carbons (Fsp3) is 0.333. The van der Waals surface area contributed by atoms with Crippen LogP contribution in [0.1, 0.15) is 6.42 Å². The van der Waals surface area contributed by atoms with Gasteiger partial charge in [0.15, 0.2) is 0 Å². The van der Waals surface area contributed by atoms with Crippen molar-refractivity contribution in [3.8, 4) is 0 Å². The van der Waals surface area contributed by atoms with Gasteiger partial charge in [0.2, 0.25) is 0 Å². The molecule has 0 atom stereocenters. The standard InChI is InChI=1S/C6H11NS/c7-5-3-1-2-4-6-8/h1-3,5,8H,4,6-7H2/b2-1-,5-3+. The highest BCUT2D eigenvalue weighted by Crippen LogP contribution is 1.85. The summed E-state index contributed by atoms with van der Waals surface area (Å²) in [5, 5.41) is 0. The third-order valence-electron chi connectivity index (χ3n) is 0.654. The Morgan fingerprint density at radius 1 is 1.38 bits per heavy atom. The van der Waals surface area contributed by atoms with Crippen molar-refractivity contribution in [1.82, 2.24) is 0 Å². The van der Waals surface area contributed by atoms with Gasteiger partial charge in [-0.25, -0.2) is 0 Å². The summed E-state index contributed by atoms with van der Waals surface area (Å²) in [6.45, 7) is 0. The van der Waals surface area contributed by atoms with E-state index in [2.05, 4.69) is 12.6 Å². The van der Waals surface area contributed by atoms with E-state index in [1.165, 1.54) is 6.20 Å². The number of rotatable bonds is 3. The summed E-state index contributed by atoms with van der Waals surface area (Å²) in [5.74, 6) is 0.898. The summed E-state index contributed by atoms with van der Waals surface area (Å²) < 4.78 is 0. The van der Waals surface area contributed by atoms with Crippen molar-refractivity contribution in [2.45, 2.75) is 6.42 Å². The molecule has 0 bridgehead atoms. The zero-order valence-corrected chi connectivity index (χ0v) is 5.64. The summed E-state index contributed by atoms with van der Waals surface area (Å²) in [4.78, 5) is 0. The molecule has 2 N–H and O–H groups in total. The van der Waals surface area contributed by atoms with Gasteiger partial charge >= 0.3 is 0 Å². The van der Waals surface area contributed by atoms with Gasteiger partial charge in [0.25, 0.3) is 0 Å². The van der Waals surface area contributed by atoms with Gasteiger partial charge in [0.05, 0.1) is 0 Å². The molecule has 1 nitrogen and oxygen atoms in total. The lowest BCUT2D eigenvalue weighted by Crippen LogP contribution is -1.72. The molecule has 0 heterocycles. The van der Waals surface area contributed by atoms with Crippen LogP contribution in [0.3, 0.4) is 0 Å². The Labute approximate surface area is 55.7 Å². The second-order valence-corrected chi connectivity index (χ2v) is 1.77. The van der Waals surface area contributed by atoms with Crippen molar-refractivity contribution in [3.63, 3.8) is 0 Å². The average Bonchev–Trinajstić information content (AvgIpc) is 1.81. The third-order valence-corrected chi connectivity index (χ3v) is 0.912. The van der Waals surface area contributed by atoms with Gasteiger partial charge in [-0.15, -0.1) is 0 Å². The van der Waals surface area contributed by atoms with Crippen LogP contribution >= 0.6 is 12.6 Å². The van der Waals surface area contributed by atoms with E-state index < -0.39 is 0 Å². The zero-order valence-electron chi connectivity index (χ0n) is 4.75. The fourth-order valence-electron chi connectivity index (χ4n) is 0.313. The van der Waals surface area contributed by atoms with Crippen molar-refractivity contribution < 1.29 is 0 Å². The maximum atomic E-state index is 5.06. The first kappa shape index (κ1) is 7.63. The number of allylic oxidation sites excluding steroid dienone is 3. The number of hydrogen-bond acceptors (Lipinski definition) is 2. The van der Waals surface area contributed by atoms with Gasteiger partial charge in [0, 0.05) is 0 Å². The first-order valence-electron chi connectivity index (χ1n) is 2.56. The lowest BCUT2D eigenvalue weighted by molar-refractivity contribution is 1.25. The first-order valence-corrected chi connectivity index (χ1v) is 3.19. The van der Waals surface area contributed by atoms with Gasteiger partial charge in [0.1, 0.15) is 0 Å². The van der Waals surface area contributed by atoms with E-state index in [1.807, 2.05) is 12.2 Å². The van der Waals surface area contributed by atoms with Crippen molar-refractivity contribution in [1.29, 1.82) is 0 Å². The van der Waals surface area contributed by atoms with Crippen LogP contribution in [0.5, 0.6) is 0 Å². The highest BCUT2D eigenvalue weighted by molar-refractivity contribution is 7.80. The molecule has 8 heavy (non-hydrogen) atoms. The minimum absolute atomic E-state index is 0.898. The van der Waals surface area contributed by atoms with E-state index in [0.29, 0.717) is 0 Å². The summed E-state index contributed by atoms with van der Waals surface area (Å²) >= 11 is 4.02. The van der Waals surface area contributed by atoms with E-state index >= 15 is 0 Å². The van der Waals surface area contributed by atoms with E-state index in [1.54, 1.807) is 6.08 Å². The molecule has 2 heteroatoms. The largest absolute Gasteiger partial charge is 0.405 e. The molecule has 0 aliphatic rings. The van der Waals surface area contributed by atoms with Gasteiger partial charge in [-0.05, 0) is 24.4 Å². The number of thiol groups is 1. The lowest BCUT2D eigenvalue weighted by atomic mass is 10.4. The quantitative estimate of drug-likeness (QED) is 0.436. The molecule has 0 saturated heterocycles. The van der Waals surface area contributed by atoms with E-state index in [-0.39, 0.29) is 0 Å². The zero-order chi connectivity index (χ0) is 6.24. The second-order valence-electron chi connectivity index (χ2n) is 1.33. The summed E-state index contributed by atoms with van der Waals surface area (Å²) in [6.07, 6.45) is 8.25. The van der Waals surface area contributed by atoms with Crippen molar-refractivity contribution in [2.24, 2.45) is 5.73 Å². The van der Waals surface area contributed by atoms with Crippen molar-refractivity contribution in [2.75, 3.05) is 5.75 Å². The van der Waals surface area contributed by atoms with Crippen molar-refractivity contribution >= 4 is 12.6 Å². The SMILES string of the molecule is N/C=C/C=C\CCS. The minimum atomic E-state index is 0.898. The molecule has 0 aromatic heterocycles. The molecule has 0 aromatic carbocycles. The van der Waals surface area contributed by atoms with E-state index in [9.17, 15) is 0 Å². The van der Waals surface area contributed by atoms with Gasteiger partial charge < -0.3 is 5.73 Å². The van der Waals surface area contributed by atoms with E-state index in [4.69, 9.17) is 5.73 Å². The number of hydrogen-bond donors (Lipinski definition) is 2. The number of nitrogens with two attached hydrogens (primary N) is 1. The molecule has 0 spiro atoms. The van der Waals surface area contributed by atoms with Crippen LogP contribution in [0, 0.1) is 0 Å². The average molecular weight is 129 g/mol. The van der Waals surface area contributed by atoms with Crippen LogP contribution in [-0.4, -0.2) is 5.75 Å². The minimum Gasteiger partial charge on any atom is -0.405 e. The maximum Gasteiger partial charge on any atom is -0.00625 e. The molecular formula is C6H11NS. The van der Waals surface area contributed by atoms with Gasteiger partial charge in [-0.2, -0.15) is 12.6 Å². The second kappa shape index (κ2) is 6.63. The van der Waals surface area contributed by atoms with Crippen LogP contribution < -0.4 is 5.73 Å². The summed E-state index contributed by atoms with van der Waals surface area (Å²) in [7, 11) is 0. The molecule has 0 unspecified atom stereocenters. The maximum absolute atomic E-state index is 5.06. The molecule has 0 amide bonds. The highest BCUT2D eigenvalue weighted by atomic mass is 32.1. The molecule has 0 saturated carbocycles. The Hall–Kier alpha value is -0.370. The lowest BCUT2D eigenvalue weighted by Gasteiger charge is -1.77. The predicted octanol–water partition coefficient (Wildman–Crippen LogP) is 1.33. The molecule has 46 valence electrons. The molecule has 0 fully saturated rings. The topological polar surface area (TPSA) is 26.0 Å². The molecule has 0 aliphatic heterocycles.